The van der Waals surface area contributed by atoms with E-state index in [2.05, 4.69) is 48.5 Å². The molecule has 0 fully saturated rings. The minimum atomic E-state index is -4.95. The van der Waals surface area contributed by atoms with Gasteiger partial charge >= 0.3 is 39.5 Å². The number of rotatable bonds is 67. The van der Waals surface area contributed by atoms with Gasteiger partial charge in [-0.15, -0.1) is 0 Å². The number of aliphatic hydroxyl groups is 1. The largest absolute Gasteiger partial charge is 0.472 e. The van der Waals surface area contributed by atoms with E-state index in [-0.39, 0.29) is 25.7 Å². The summed E-state index contributed by atoms with van der Waals surface area (Å²) < 4.78 is 68.1. The number of ether oxygens (including phenoxy) is 4. The molecular formula is C69H134O17P2. The average Bonchev–Trinajstić information content (AvgIpc) is 3.71. The van der Waals surface area contributed by atoms with Crippen molar-refractivity contribution in [3.05, 3.63) is 0 Å². The van der Waals surface area contributed by atoms with Gasteiger partial charge in [-0.3, -0.25) is 37.3 Å². The summed E-state index contributed by atoms with van der Waals surface area (Å²) >= 11 is 0. The van der Waals surface area contributed by atoms with E-state index in [1.807, 2.05) is 0 Å². The molecule has 17 nitrogen and oxygen atoms in total. The van der Waals surface area contributed by atoms with Crippen LogP contribution >= 0.6 is 15.6 Å². The van der Waals surface area contributed by atoms with Crippen molar-refractivity contribution >= 4 is 39.5 Å². The summed E-state index contributed by atoms with van der Waals surface area (Å²) in [6.07, 6.45) is 43.4. The lowest BCUT2D eigenvalue weighted by atomic mass is 10.00. The highest BCUT2D eigenvalue weighted by atomic mass is 31.2. The summed E-state index contributed by atoms with van der Waals surface area (Å²) in [5, 5.41) is 10.6. The van der Waals surface area contributed by atoms with Gasteiger partial charge < -0.3 is 33.8 Å². The minimum Gasteiger partial charge on any atom is -0.462 e. The van der Waals surface area contributed by atoms with Crippen LogP contribution in [0.5, 0.6) is 0 Å². The molecule has 0 aromatic heterocycles. The lowest BCUT2D eigenvalue weighted by molar-refractivity contribution is -0.161. The number of phosphoric ester groups is 2. The summed E-state index contributed by atoms with van der Waals surface area (Å²) in [7, 11) is -9.90. The van der Waals surface area contributed by atoms with Crippen LogP contribution in [0.3, 0.4) is 0 Å². The molecule has 0 radical (unpaired) electrons. The topological polar surface area (TPSA) is 237 Å². The maximum Gasteiger partial charge on any atom is 0.472 e. The summed E-state index contributed by atoms with van der Waals surface area (Å²) in [5.74, 6) is -0.00471. The van der Waals surface area contributed by atoms with Gasteiger partial charge in [0.15, 0.2) is 12.2 Å². The molecule has 4 unspecified atom stereocenters. The van der Waals surface area contributed by atoms with Crippen molar-refractivity contribution in [2.45, 2.75) is 362 Å². The zero-order valence-corrected chi connectivity index (χ0v) is 59.0. The molecule has 0 aromatic rings. The van der Waals surface area contributed by atoms with Crippen LogP contribution in [0, 0.1) is 17.8 Å². The highest BCUT2D eigenvalue weighted by Crippen LogP contribution is 2.45. The third-order valence-corrected chi connectivity index (χ3v) is 18.5. The van der Waals surface area contributed by atoms with Crippen molar-refractivity contribution in [3.8, 4) is 0 Å². The molecule has 522 valence electrons. The van der Waals surface area contributed by atoms with Crippen LogP contribution < -0.4 is 0 Å². The molecule has 0 aliphatic heterocycles. The van der Waals surface area contributed by atoms with E-state index in [1.54, 1.807) is 0 Å². The van der Waals surface area contributed by atoms with Crippen LogP contribution in [-0.4, -0.2) is 96.7 Å². The van der Waals surface area contributed by atoms with Crippen molar-refractivity contribution in [1.29, 1.82) is 0 Å². The van der Waals surface area contributed by atoms with E-state index in [1.165, 1.54) is 141 Å². The van der Waals surface area contributed by atoms with Crippen LogP contribution in [0.15, 0.2) is 0 Å². The summed E-state index contributed by atoms with van der Waals surface area (Å²) in [4.78, 5) is 72.4. The quantitative estimate of drug-likeness (QED) is 0.0222. The fraction of sp³-hybridized carbons (Fsp3) is 0.942. The molecule has 0 rings (SSSR count). The van der Waals surface area contributed by atoms with Gasteiger partial charge in [-0.2, -0.15) is 0 Å². The molecule has 0 amide bonds. The van der Waals surface area contributed by atoms with Gasteiger partial charge in [0.25, 0.3) is 0 Å². The third kappa shape index (κ3) is 60.3. The Hall–Kier alpha value is -1.94. The molecule has 7 atom stereocenters. The minimum absolute atomic E-state index is 0.102. The van der Waals surface area contributed by atoms with Gasteiger partial charge in [-0.25, -0.2) is 9.13 Å². The Balaban J connectivity index is 5.19. The van der Waals surface area contributed by atoms with Crippen molar-refractivity contribution in [2.24, 2.45) is 17.8 Å². The highest BCUT2D eigenvalue weighted by Gasteiger charge is 2.30. The predicted octanol–water partition coefficient (Wildman–Crippen LogP) is 19.5. The second-order valence-electron chi connectivity index (χ2n) is 25.9. The number of hydrogen-bond acceptors (Lipinski definition) is 15. The van der Waals surface area contributed by atoms with Gasteiger partial charge in [0, 0.05) is 25.7 Å². The van der Waals surface area contributed by atoms with E-state index in [9.17, 15) is 43.2 Å². The second-order valence-corrected chi connectivity index (χ2v) is 28.8. The molecule has 88 heavy (non-hydrogen) atoms. The zero-order chi connectivity index (χ0) is 65.2. The Morgan fingerprint density at radius 1 is 0.330 bits per heavy atom. The molecule has 0 aliphatic carbocycles. The summed E-state index contributed by atoms with van der Waals surface area (Å²) in [5.41, 5.74) is 0. The zero-order valence-electron chi connectivity index (χ0n) is 57.2. The van der Waals surface area contributed by atoms with Gasteiger partial charge in [-0.05, 0) is 43.4 Å². The number of carbonyl (C=O) groups is 4. The Morgan fingerprint density at radius 3 is 0.864 bits per heavy atom. The number of phosphoric acid groups is 2. The molecular weight excluding hydrogens is 1160 g/mol. The Kier molecular flexibility index (Phi) is 58.7. The normalized spacial score (nSPS) is 14.9. The first-order valence-electron chi connectivity index (χ1n) is 35.9. The summed E-state index contributed by atoms with van der Waals surface area (Å²) in [6, 6.07) is 0. The smallest absolute Gasteiger partial charge is 0.462 e. The van der Waals surface area contributed by atoms with Crippen molar-refractivity contribution in [2.75, 3.05) is 39.6 Å². The first-order valence-corrected chi connectivity index (χ1v) is 38.9. The van der Waals surface area contributed by atoms with E-state index in [4.69, 9.17) is 37.0 Å². The first kappa shape index (κ1) is 86.1. The fourth-order valence-corrected chi connectivity index (χ4v) is 11.9. The van der Waals surface area contributed by atoms with Crippen LogP contribution in [0.1, 0.15) is 344 Å². The van der Waals surface area contributed by atoms with Crippen LogP contribution in [0.2, 0.25) is 0 Å². The van der Waals surface area contributed by atoms with E-state index < -0.39 is 97.5 Å². The molecule has 0 aromatic carbocycles. The van der Waals surface area contributed by atoms with Gasteiger partial charge in [0.05, 0.1) is 26.4 Å². The molecule has 0 saturated heterocycles. The lowest BCUT2D eigenvalue weighted by Gasteiger charge is -2.21. The van der Waals surface area contributed by atoms with Crippen molar-refractivity contribution in [1.82, 2.24) is 0 Å². The maximum absolute atomic E-state index is 13.0. The Morgan fingerprint density at radius 2 is 0.580 bits per heavy atom. The van der Waals surface area contributed by atoms with Crippen LogP contribution in [0.4, 0.5) is 0 Å². The number of unbranched alkanes of at least 4 members (excludes halogenated alkanes) is 33. The standard InChI is InChI=1S/C69H134O17P2/c1-8-11-12-13-14-15-16-17-18-19-20-21-22-23-24-25-26-38-45-52-68(73)85-64(56-80-67(72)51-44-37-31-28-34-41-48-61(6)9-2)58-83-87(75,76)81-54-63(70)55-82-88(77,78)84-59-65(57-79-66(71)50-43-36-30-27-33-40-47-60(4)5)86-69(74)53-46-39-32-29-35-42-49-62(7)10-3/h60-65,70H,8-59H2,1-7H3,(H,75,76)(H,77,78)/t61?,62?,63-,64-,65-/m1/s1. The molecule has 0 saturated carbocycles. The number of aliphatic hydroxyl groups excluding tert-OH is 1. The van der Waals surface area contributed by atoms with Crippen LogP contribution in [0.25, 0.3) is 0 Å². The fourth-order valence-electron chi connectivity index (χ4n) is 10.3. The molecule has 19 heteroatoms. The van der Waals surface area contributed by atoms with Gasteiger partial charge in [0.1, 0.15) is 19.3 Å². The molecule has 0 aliphatic rings. The van der Waals surface area contributed by atoms with Crippen molar-refractivity contribution < 1.29 is 80.2 Å². The van der Waals surface area contributed by atoms with E-state index in [0.29, 0.717) is 31.6 Å². The second kappa shape index (κ2) is 60.0. The number of esters is 4. The van der Waals surface area contributed by atoms with Gasteiger partial charge in [-0.1, -0.05) is 292 Å². The average molecular weight is 1300 g/mol. The number of hydrogen-bond donors (Lipinski definition) is 3. The predicted molar refractivity (Wildman–Crippen MR) is 354 cm³/mol. The Labute approximate surface area is 537 Å². The maximum atomic E-state index is 13.0. The molecule has 3 N–H and O–H groups in total. The lowest BCUT2D eigenvalue weighted by Crippen LogP contribution is -2.30. The number of carbonyl (C=O) groups excluding carboxylic acids is 4. The van der Waals surface area contributed by atoms with E-state index in [0.717, 1.165) is 115 Å². The monoisotopic (exact) mass is 1300 g/mol. The molecule has 0 bridgehead atoms. The third-order valence-electron chi connectivity index (χ3n) is 16.6. The summed E-state index contributed by atoms with van der Waals surface area (Å²) in [6.45, 7) is 11.7. The Bertz CT molecular complexity index is 1740. The van der Waals surface area contributed by atoms with E-state index >= 15 is 0 Å². The van der Waals surface area contributed by atoms with Crippen molar-refractivity contribution in [3.63, 3.8) is 0 Å². The first-order chi connectivity index (χ1) is 42.3. The van der Waals surface area contributed by atoms with Crippen LogP contribution in [-0.2, 0) is 65.4 Å². The molecule has 0 spiro atoms. The molecule has 0 heterocycles. The SMILES string of the molecule is CCCCCCCCCCCCCCCCCCCCCC(=O)O[C@H](COC(=O)CCCCCCCCC(C)CC)COP(=O)(O)OC[C@@H](O)COP(=O)(O)OC[C@@H](COC(=O)CCCCCCCCC(C)C)OC(=O)CCCCCCCCC(C)CC. The van der Waals surface area contributed by atoms with Gasteiger partial charge in [0.2, 0.25) is 0 Å². The highest BCUT2D eigenvalue weighted by molar-refractivity contribution is 7.47.